The third-order valence-electron chi connectivity index (χ3n) is 5.01. The summed E-state index contributed by atoms with van der Waals surface area (Å²) in [4.78, 5) is 17.2. The van der Waals surface area contributed by atoms with Gasteiger partial charge in [0.25, 0.3) is 0 Å². The van der Waals surface area contributed by atoms with Crippen molar-refractivity contribution in [1.82, 2.24) is 9.29 Å². The topological polar surface area (TPSA) is 97.8 Å². The molecule has 3 aromatic rings. The lowest BCUT2D eigenvalue weighted by molar-refractivity contribution is -0.115. The van der Waals surface area contributed by atoms with Crippen molar-refractivity contribution >= 4 is 42.6 Å². The van der Waals surface area contributed by atoms with Crippen LogP contribution in [-0.2, 0) is 21.2 Å². The zero-order valence-electron chi connectivity index (χ0n) is 19.6. The van der Waals surface area contributed by atoms with Crippen molar-refractivity contribution in [2.24, 2.45) is 0 Å². The van der Waals surface area contributed by atoms with E-state index in [9.17, 15) is 13.2 Å². The number of carbonyl (C=O) groups is 1. The van der Waals surface area contributed by atoms with E-state index >= 15 is 0 Å². The number of nitrogens with one attached hydrogen (secondary N) is 1. The summed E-state index contributed by atoms with van der Waals surface area (Å²) in [6, 6.07) is 9.81. The summed E-state index contributed by atoms with van der Waals surface area (Å²) in [5.41, 5.74) is 1.39. The van der Waals surface area contributed by atoms with E-state index in [-0.39, 0.29) is 29.3 Å². The van der Waals surface area contributed by atoms with Crippen LogP contribution in [0.3, 0.4) is 0 Å². The van der Waals surface area contributed by atoms with Crippen molar-refractivity contribution in [2.45, 2.75) is 51.1 Å². The van der Waals surface area contributed by atoms with Crippen molar-refractivity contribution in [1.29, 1.82) is 0 Å². The average molecular weight is 492 g/mol. The number of thiazole rings is 1. The van der Waals surface area contributed by atoms with Gasteiger partial charge in [-0.1, -0.05) is 17.4 Å². The Hall–Kier alpha value is -2.69. The second kappa shape index (κ2) is 10.1. The zero-order chi connectivity index (χ0) is 24.3. The average Bonchev–Trinajstić information content (AvgIpc) is 3.13. The van der Waals surface area contributed by atoms with Crippen LogP contribution in [0.2, 0.25) is 0 Å². The molecule has 0 saturated heterocycles. The molecular weight excluding hydrogens is 462 g/mol. The Labute approximate surface area is 198 Å². The van der Waals surface area contributed by atoms with Gasteiger partial charge in [-0.3, -0.25) is 4.79 Å². The Balaban J connectivity index is 1.80. The molecule has 1 heterocycles. The normalized spacial score (nSPS) is 12.0. The fraction of sp³-hybridized carbons (Fsp3) is 0.391. The number of fused-ring (bicyclic) bond motifs is 1. The maximum absolute atomic E-state index is 13.2. The van der Waals surface area contributed by atoms with Crippen LogP contribution in [0.15, 0.2) is 41.3 Å². The molecule has 0 unspecified atom stereocenters. The van der Waals surface area contributed by atoms with Crippen LogP contribution in [0.1, 0.15) is 33.3 Å². The predicted octanol–water partition coefficient (Wildman–Crippen LogP) is 4.30. The molecule has 0 radical (unpaired) electrons. The Morgan fingerprint density at radius 2 is 1.70 bits per heavy atom. The van der Waals surface area contributed by atoms with Crippen LogP contribution < -0.4 is 14.8 Å². The number of hydrogen-bond donors (Lipinski definition) is 1. The number of aromatic nitrogens is 1. The van der Waals surface area contributed by atoms with Gasteiger partial charge < -0.3 is 14.8 Å². The first-order valence-corrected chi connectivity index (χ1v) is 12.8. The molecule has 0 aliphatic heterocycles. The van der Waals surface area contributed by atoms with Gasteiger partial charge in [-0.15, -0.1) is 0 Å². The van der Waals surface area contributed by atoms with Gasteiger partial charge in [0, 0.05) is 12.1 Å². The fourth-order valence-electron chi connectivity index (χ4n) is 3.73. The summed E-state index contributed by atoms with van der Waals surface area (Å²) in [5, 5.41) is 3.21. The predicted molar refractivity (Wildman–Crippen MR) is 131 cm³/mol. The standard InChI is InChI=1S/C23H29N3O5S2/c1-14(2)26(15(3)4)33(28,29)17-8-9-18-21(13-17)32-23(24-18)25-22(27)12-16-7-10-19(30-5)20(11-16)31-6/h7-11,13-15H,12H2,1-6H3,(H,24,25,27). The number of anilines is 1. The van der Waals surface area contributed by atoms with Crippen LogP contribution >= 0.6 is 11.3 Å². The number of amides is 1. The molecule has 0 atom stereocenters. The number of sulfonamides is 1. The Bertz CT molecular complexity index is 1240. The third kappa shape index (κ3) is 5.45. The monoisotopic (exact) mass is 491 g/mol. The van der Waals surface area contributed by atoms with Crippen LogP contribution in [0.25, 0.3) is 10.2 Å². The molecule has 33 heavy (non-hydrogen) atoms. The van der Waals surface area contributed by atoms with E-state index in [0.29, 0.717) is 26.8 Å². The highest BCUT2D eigenvalue weighted by Gasteiger charge is 2.29. The highest BCUT2D eigenvalue weighted by atomic mass is 32.2. The summed E-state index contributed by atoms with van der Waals surface area (Å²) in [7, 11) is -0.562. The Morgan fingerprint density at radius 1 is 1.03 bits per heavy atom. The van der Waals surface area contributed by atoms with Crippen molar-refractivity contribution in [3.63, 3.8) is 0 Å². The number of hydrogen-bond acceptors (Lipinski definition) is 7. The van der Waals surface area contributed by atoms with Gasteiger partial charge in [-0.2, -0.15) is 4.31 Å². The Kier molecular flexibility index (Phi) is 7.61. The number of nitrogens with zero attached hydrogens (tertiary/aromatic N) is 2. The second-order valence-electron chi connectivity index (χ2n) is 8.09. The van der Waals surface area contributed by atoms with Crippen LogP contribution in [-0.4, -0.2) is 49.9 Å². The van der Waals surface area contributed by atoms with Crippen LogP contribution in [0.5, 0.6) is 11.5 Å². The summed E-state index contributed by atoms with van der Waals surface area (Å²) in [6.45, 7) is 7.42. The molecule has 0 aliphatic rings. The van der Waals surface area contributed by atoms with E-state index in [1.54, 1.807) is 50.6 Å². The number of methoxy groups -OCH3 is 2. The molecule has 3 rings (SSSR count). The van der Waals surface area contributed by atoms with Crippen LogP contribution in [0.4, 0.5) is 5.13 Å². The minimum atomic E-state index is -3.66. The van der Waals surface area contributed by atoms with E-state index in [4.69, 9.17) is 9.47 Å². The maximum Gasteiger partial charge on any atom is 0.243 e. The van der Waals surface area contributed by atoms with Gasteiger partial charge in [-0.05, 0) is 63.6 Å². The minimum Gasteiger partial charge on any atom is -0.493 e. The molecule has 1 amide bonds. The van der Waals surface area contributed by atoms with Gasteiger partial charge in [-0.25, -0.2) is 13.4 Å². The number of carbonyl (C=O) groups excluding carboxylic acids is 1. The van der Waals surface area contributed by atoms with E-state index in [1.165, 1.54) is 15.6 Å². The fourth-order valence-corrected chi connectivity index (χ4v) is 6.59. The first kappa shape index (κ1) is 24.9. The van der Waals surface area contributed by atoms with Gasteiger partial charge >= 0.3 is 0 Å². The SMILES string of the molecule is COc1ccc(CC(=O)Nc2nc3ccc(S(=O)(=O)N(C(C)C)C(C)C)cc3s2)cc1OC. The molecule has 1 aromatic heterocycles. The van der Waals surface area contributed by atoms with E-state index in [1.807, 2.05) is 27.7 Å². The first-order chi connectivity index (χ1) is 15.6. The van der Waals surface area contributed by atoms with Crippen molar-refractivity contribution in [3.8, 4) is 11.5 Å². The van der Waals surface area contributed by atoms with Crippen molar-refractivity contribution in [3.05, 3.63) is 42.0 Å². The van der Waals surface area contributed by atoms with Crippen molar-refractivity contribution in [2.75, 3.05) is 19.5 Å². The van der Waals surface area contributed by atoms with Gasteiger partial charge in [0.05, 0.1) is 35.8 Å². The third-order valence-corrected chi connectivity index (χ3v) is 8.19. The van der Waals surface area contributed by atoms with Crippen molar-refractivity contribution < 1.29 is 22.7 Å². The molecule has 178 valence electrons. The quantitative estimate of drug-likeness (QED) is 0.479. The molecule has 0 fully saturated rings. The van der Waals surface area contributed by atoms with E-state index < -0.39 is 10.0 Å². The lowest BCUT2D eigenvalue weighted by Crippen LogP contribution is -2.41. The molecule has 8 nitrogen and oxygen atoms in total. The Morgan fingerprint density at radius 3 is 2.30 bits per heavy atom. The molecule has 0 aliphatic carbocycles. The molecule has 10 heteroatoms. The molecule has 0 spiro atoms. The maximum atomic E-state index is 13.2. The molecule has 0 bridgehead atoms. The van der Waals surface area contributed by atoms with Gasteiger partial charge in [0.1, 0.15) is 0 Å². The second-order valence-corrected chi connectivity index (χ2v) is 11.0. The molecule has 2 aromatic carbocycles. The van der Waals surface area contributed by atoms with E-state index in [2.05, 4.69) is 10.3 Å². The first-order valence-electron chi connectivity index (χ1n) is 10.5. The summed E-state index contributed by atoms with van der Waals surface area (Å²) in [5.74, 6) is 0.903. The lowest BCUT2D eigenvalue weighted by Gasteiger charge is -2.29. The highest BCUT2D eigenvalue weighted by molar-refractivity contribution is 7.89. The summed E-state index contributed by atoms with van der Waals surface area (Å²) >= 11 is 1.24. The lowest BCUT2D eigenvalue weighted by atomic mass is 10.1. The largest absolute Gasteiger partial charge is 0.493 e. The molecule has 1 N–H and O–H groups in total. The number of rotatable bonds is 9. The smallest absolute Gasteiger partial charge is 0.243 e. The van der Waals surface area contributed by atoms with Crippen LogP contribution in [0, 0.1) is 0 Å². The summed E-state index contributed by atoms with van der Waals surface area (Å²) in [6.07, 6.45) is 0.133. The number of ether oxygens (including phenoxy) is 2. The molecule has 0 saturated carbocycles. The zero-order valence-corrected chi connectivity index (χ0v) is 21.2. The highest BCUT2D eigenvalue weighted by Crippen LogP contribution is 2.31. The summed E-state index contributed by atoms with van der Waals surface area (Å²) < 4.78 is 39.0. The number of benzene rings is 2. The van der Waals surface area contributed by atoms with Gasteiger partial charge in [0.2, 0.25) is 15.9 Å². The van der Waals surface area contributed by atoms with Gasteiger partial charge in [0.15, 0.2) is 16.6 Å². The van der Waals surface area contributed by atoms with E-state index in [0.717, 1.165) is 5.56 Å². The minimum absolute atomic E-state index is 0.133. The molecular formula is C23H29N3O5S2.